The van der Waals surface area contributed by atoms with E-state index >= 15 is 0 Å². The van der Waals surface area contributed by atoms with E-state index < -0.39 is 5.97 Å². The molecule has 3 aromatic rings. The zero-order valence-electron chi connectivity index (χ0n) is 13.4. The number of carbonyl (C=O) groups is 2. The van der Waals surface area contributed by atoms with Crippen LogP contribution < -0.4 is 5.56 Å². The summed E-state index contributed by atoms with van der Waals surface area (Å²) in [6.07, 6.45) is 0. The zero-order chi connectivity index (χ0) is 18.0. The molecule has 0 saturated heterocycles. The van der Waals surface area contributed by atoms with Gasteiger partial charge in [0.15, 0.2) is 5.69 Å². The number of benzene rings is 2. The Balaban J connectivity index is 1.87. The molecule has 0 radical (unpaired) electrons. The van der Waals surface area contributed by atoms with Gasteiger partial charge in [0, 0.05) is 19.0 Å². The molecule has 2 aromatic carbocycles. The molecule has 0 unspecified atom stereocenters. The fraction of sp³-hybridized carbons (Fsp3) is 0.111. The lowest BCUT2D eigenvalue weighted by molar-refractivity contribution is 0.0695. The van der Waals surface area contributed by atoms with Crippen LogP contribution in [-0.4, -0.2) is 39.1 Å². The molecule has 0 saturated carbocycles. The fourth-order valence-corrected chi connectivity index (χ4v) is 2.56. The molecule has 0 aliphatic rings. The number of aromatic nitrogens is 2. The largest absolute Gasteiger partial charge is 0.478 e. The molecule has 0 fully saturated rings. The Kier molecular flexibility index (Phi) is 4.30. The van der Waals surface area contributed by atoms with Gasteiger partial charge in [0.1, 0.15) is 0 Å². The highest BCUT2D eigenvalue weighted by Gasteiger charge is 2.18. The van der Waals surface area contributed by atoms with Crippen LogP contribution in [0.25, 0.3) is 10.8 Å². The molecule has 0 spiro atoms. The monoisotopic (exact) mass is 337 g/mol. The lowest BCUT2D eigenvalue weighted by Gasteiger charge is -2.17. The third-order valence-corrected chi connectivity index (χ3v) is 3.87. The number of amides is 1. The molecule has 25 heavy (non-hydrogen) atoms. The molecule has 1 amide bonds. The van der Waals surface area contributed by atoms with Crippen LogP contribution in [0.5, 0.6) is 0 Å². The maximum Gasteiger partial charge on any atom is 0.335 e. The molecule has 126 valence electrons. The van der Waals surface area contributed by atoms with Crippen molar-refractivity contribution in [3.8, 4) is 0 Å². The van der Waals surface area contributed by atoms with Crippen LogP contribution in [0.4, 0.5) is 0 Å². The Bertz CT molecular complexity index is 1010. The van der Waals surface area contributed by atoms with Gasteiger partial charge in [-0.25, -0.2) is 9.89 Å². The van der Waals surface area contributed by atoms with Crippen molar-refractivity contribution in [3.05, 3.63) is 75.7 Å². The molecule has 0 atom stereocenters. The smallest absolute Gasteiger partial charge is 0.335 e. The van der Waals surface area contributed by atoms with Crippen molar-refractivity contribution >= 4 is 22.6 Å². The summed E-state index contributed by atoms with van der Waals surface area (Å²) in [6, 6.07) is 13.1. The Labute approximate surface area is 142 Å². The number of nitrogens with zero attached hydrogens (tertiary/aromatic N) is 2. The van der Waals surface area contributed by atoms with Gasteiger partial charge in [0.2, 0.25) is 0 Å². The summed E-state index contributed by atoms with van der Waals surface area (Å²) in [5, 5.41) is 16.1. The van der Waals surface area contributed by atoms with Gasteiger partial charge >= 0.3 is 5.97 Å². The van der Waals surface area contributed by atoms with Gasteiger partial charge in [0.05, 0.1) is 10.9 Å². The maximum atomic E-state index is 12.7. The maximum absolute atomic E-state index is 12.7. The van der Waals surface area contributed by atoms with Crippen LogP contribution in [-0.2, 0) is 6.54 Å². The molecular formula is C18H15N3O4. The first-order chi connectivity index (χ1) is 12.0. The highest BCUT2D eigenvalue weighted by molar-refractivity contribution is 6.04. The topological polar surface area (TPSA) is 103 Å². The number of aromatic amines is 1. The van der Waals surface area contributed by atoms with Crippen LogP contribution in [0, 0.1) is 0 Å². The summed E-state index contributed by atoms with van der Waals surface area (Å²) < 4.78 is 0. The number of carboxylic acids is 1. The van der Waals surface area contributed by atoms with Crippen molar-refractivity contribution in [1.29, 1.82) is 0 Å². The predicted molar refractivity (Wildman–Crippen MR) is 91.6 cm³/mol. The van der Waals surface area contributed by atoms with Crippen molar-refractivity contribution in [2.24, 2.45) is 0 Å². The second-order valence-corrected chi connectivity index (χ2v) is 5.61. The van der Waals surface area contributed by atoms with Crippen LogP contribution >= 0.6 is 0 Å². The van der Waals surface area contributed by atoms with Gasteiger partial charge in [-0.3, -0.25) is 9.59 Å². The second kappa shape index (κ2) is 6.56. The van der Waals surface area contributed by atoms with E-state index in [1.807, 2.05) is 0 Å². The van der Waals surface area contributed by atoms with E-state index in [1.54, 1.807) is 43.4 Å². The fourth-order valence-electron chi connectivity index (χ4n) is 2.56. The number of aromatic carboxylic acids is 1. The molecule has 3 rings (SSSR count). The van der Waals surface area contributed by atoms with E-state index in [2.05, 4.69) is 10.2 Å². The molecule has 1 heterocycles. The van der Waals surface area contributed by atoms with Crippen LogP contribution in [0.15, 0.2) is 53.3 Å². The van der Waals surface area contributed by atoms with E-state index in [0.717, 1.165) is 5.56 Å². The minimum Gasteiger partial charge on any atom is -0.478 e. The summed E-state index contributed by atoms with van der Waals surface area (Å²) in [5.41, 5.74) is 0.791. The summed E-state index contributed by atoms with van der Waals surface area (Å²) in [6.45, 7) is 0.286. The van der Waals surface area contributed by atoms with Crippen molar-refractivity contribution in [2.45, 2.75) is 6.54 Å². The average Bonchev–Trinajstić information content (AvgIpc) is 2.62. The van der Waals surface area contributed by atoms with E-state index in [-0.39, 0.29) is 29.3 Å². The Hall–Kier alpha value is -3.48. The van der Waals surface area contributed by atoms with E-state index in [1.165, 1.54) is 17.0 Å². The second-order valence-electron chi connectivity index (χ2n) is 5.61. The lowest BCUT2D eigenvalue weighted by atomic mass is 10.1. The summed E-state index contributed by atoms with van der Waals surface area (Å²) in [4.78, 5) is 36.8. The van der Waals surface area contributed by atoms with E-state index in [9.17, 15) is 14.4 Å². The predicted octanol–water partition coefficient (Wildman–Crippen LogP) is 1.89. The van der Waals surface area contributed by atoms with Crippen LogP contribution in [0.2, 0.25) is 0 Å². The van der Waals surface area contributed by atoms with Gasteiger partial charge in [-0.1, -0.05) is 30.3 Å². The quantitative estimate of drug-likeness (QED) is 0.757. The summed E-state index contributed by atoms with van der Waals surface area (Å²) >= 11 is 0. The number of rotatable bonds is 4. The van der Waals surface area contributed by atoms with Crippen molar-refractivity contribution in [3.63, 3.8) is 0 Å². The zero-order valence-corrected chi connectivity index (χ0v) is 13.4. The first-order valence-electron chi connectivity index (χ1n) is 7.52. The number of H-pyrrole nitrogens is 1. The van der Waals surface area contributed by atoms with Gasteiger partial charge in [-0.2, -0.15) is 5.10 Å². The number of hydrogen-bond donors (Lipinski definition) is 2. The Morgan fingerprint density at radius 2 is 1.72 bits per heavy atom. The standard InChI is InChI=1S/C18H15N3O4/c1-21(10-11-6-8-12(9-7-11)18(24)25)17(23)15-13-4-2-3-5-14(13)16(22)20-19-15/h2-9H,10H2,1H3,(H,20,22)(H,24,25). The molecule has 0 bridgehead atoms. The number of nitrogens with one attached hydrogen (secondary N) is 1. The normalized spacial score (nSPS) is 10.6. The SMILES string of the molecule is CN(Cc1ccc(C(=O)O)cc1)C(=O)c1n[nH]c(=O)c2ccccc12. The van der Waals surface area contributed by atoms with Crippen molar-refractivity contribution in [2.75, 3.05) is 7.05 Å². The summed E-state index contributed by atoms with van der Waals surface area (Å²) in [5.74, 6) is -1.34. The van der Waals surface area contributed by atoms with Gasteiger partial charge in [0.25, 0.3) is 11.5 Å². The van der Waals surface area contributed by atoms with E-state index in [0.29, 0.717) is 10.8 Å². The molecule has 2 N–H and O–H groups in total. The van der Waals surface area contributed by atoms with Gasteiger partial charge < -0.3 is 10.0 Å². The molecule has 7 nitrogen and oxygen atoms in total. The number of fused-ring (bicyclic) bond motifs is 1. The summed E-state index contributed by atoms with van der Waals surface area (Å²) in [7, 11) is 1.62. The van der Waals surface area contributed by atoms with E-state index in [4.69, 9.17) is 5.11 Å². The minimum absolute atomic E-state index is 0.167. The molecular weight excluding hydrogens is 322 g/mol. The highest BCUT2D eigenvalue weighted by Crippen LogP contribution is 2.15. The third-order valence-electron chi connectivity index (χ3n) is 3.87. The van der Waals surface area contributed by atoms with Crippen LogP contribution in [0.3, 0.4) is 0 Å². The Morgan fingerprint density at radius 3 is 2.36 bits per heavy atom. The van der Waals surface area contributed by atoms with Gasteiger partial charge in [-0.05, 0) is 23.8 Å². The van der Waals surface area contributed by atoms with Crippen LogP contribution in [0.1, 0.15) is 26.4 Å². The Morgan fingerprint density at radius 1 is 1.08 bits per heavy atom. The number of carboxylic acid groups (broad SMARTS) is 1. The molecule has 0 aliphatic carbocycles. The molecule has 7 heteroatoms. The molecule has 1 aromatic heterocycles. The van der Waals surface area contributed by atoms with Crippen molar-refractivity contribution < 1.29 is 14.7 Å². The third kappa shape index (κ3) is 3.25. The average molecular weight is 337 g/mol. The number of carbonyl (C=O) groups excluding carboxylic acids is 1. The van der Waals surface area contributed by atoms with Crippen molar-refractivity contribution in [1.82, 2.24) is 15.1 Å². The lowest BCUT2D eigenvalue weighted by Crippen LogP contribution is -2.28. The number of hydrogen-bond acceptors (Lipinski definition) is 4. The first kappa shape index (κ1) is 16.4. The molecule has 0 aliphatic heterocycles. The first-order valence-corrected chi connectivity index (χ1v) is 7.52. The highest BCUT2D eigenvalue weighted by atomic mass is 16.4. The van der Waals surface area contributed by atoms with Gasteiger partial charge in [-0.15, -0.1) is 0 Å². The minimum atomic E-state index is -1.00.